The summed E-state index contributed by atoms with van der Waals surface area (Å²) in [5.74, 6) is 0.456. The number of ether oxygens (including phenoxy) is 1. The van der Waals surface area contributed by atoms with Gasteiger partial charge in [0.2, 0.25) is 0 Å². The van der Waals surface area contributed by atoms with Crippen molar-refractivity contribution in [2.24, 2.45) is 0 Å². The van der Waals surface area contributed by atoms with Gasteiger partial charge in [-0.25, -0.2) is 9.37 Å². The Balaban J connectivity index is 2.40. The number of aromatic amines is 1. The van der Waals surface area contributed by atoms with E-state index in [1.807, 2.05) is 6.92 Å². The van der Waals surface area contributed by atoms with Gasteiger partial charge in [0.15, 0.2) is 0 Å². The molecule has 0 saturated carbocycles. The molecule has 0 radical (unpaired) electrons. The Morgan fingerprint density at radius 1 is 1.37 bits per heavy atom. The van der Waals surface area contributed by atoms with E-state index in [9.17, 15) is 4.39 Å². The van der Waals surface area contributed by atoms with Gasteiger partial charge in [-0.15, -0.1) is 0 Å². The molecule has 0 saturated heterocycles. The zero-order valence-electron chi connectivity index (χ0n) is 10.9. The molecule has 0 unspecified atom stereocenters. The molecule has 0 fully saturated rings. The predicted octanol–water partition coefficient (Wildman–Crippen LogP) is 3.79. The molecule has 2 aromatic rings. The van der Waals surface area contributed by atoms with Crippen LogP contribution in [0.1, 0.15) is 18.3 Å². The number of rotatable bonds is 4. The first-order valence-corrected chi connectivity index (χ1v) is 6.45. The first kappa shape index (κ1) is 13.8. The van der Waals surface area contributed by atoms with E-state index in [1.54, 1.807) is 25.1 Å². The molecule has 19 heavy (non-hydrogen) atoms. The second-order valence-electron chi connectivity index (χ2n) is 4.18. The molecule has 0 atom stereocenters. The Kier molecular flexibility index (Phi) is 4.39. The molecule has 0 aliphatic rings. The number of aromatic nitrogens is 2. The van der Waals surface area contributed by atoms with E-state index in [1.165, 1.54) is 6.07 Å². The quantitative estimate of drug-likeness (QED) is 0.865. The second kappa shape index (κ2) is 6.04. The summed E-state index contributed by atoms with van der Waals surface area (Å²) in [5.41, 5.74) is 2.29. The minimum atomic E-state index is -0.217. The van der Waals surface area contributed by atoms with Crippen molar-refractivity contribution in [3.63, 3.8) is 0 Å². The molecule has 2 rings (SSSR count). The van der Waals surface area contributed by atoms with Crippen LogP contribution in [-0.4, -0.2) is 16.6 Å². The largest absolute Gasteiger partial charge is 0.374 e. The molecule has 0 aliphatic heterocycles. The Bertz CT molecular complexity index is 640. The van der Waals surface area contributed by atoms with Crippen LogP contribution in [-0.2, 0) is 11.3 Å². The van der Waals surface area contributed by atoms with Crippen LogP contribution >= 0.6 is 12.2 Å². The molecule has 0 aliphatic carbocycles. The van der Waals surface area contributed by atoms with Crippen molar-refractivity contribution in [1.29, 1.82) is 0 Å². The number of H-pyrrole nitrogens is 1. The number of halogens is 1. The zero-order chi connectivity index (χ0) is 13.8. The summed E-state index contributed by atoms with van der Waals surface area (Å²) in [4.78, 5) is 7.35. The van der Waals surface area contributed by atoms with E-state index >= 15 is 0 Å². The fraction of sp³-hybridized carbons (Fsp3) is 0.286. The predicted molar refractivity (Wildman–Crippen MR) is 74.9 cm³/mol. The van der Waals surface area contributed by atoms with Gasteiger partial charge >= 0.3 is 0 Å². The lowest BCUT2D eigenvalue weighted by Crippen LogP contribution is -2.00. The maximum absolute atomic E-state index is 13.3. The molecule has 0 amide bonds. The van der Waals surface area contributed by atoms with Crippen LogP contribution in [0, 0.1) is 17.4 Å². The number of hydrogen-bond acceptors (Lipinski definition) is 3. The monoisotopic (exact) mass is 278 g/mol. The van der Waals surface area contributed by atoms with E-state index in [4.69, 9.17) is 17.0 Å². The van der Waals surface area contributed by atoms with Crippen molar-refractivity contribution in [3.8, 4) is 11.3 Å². The van der Waals surface area contributed by atoms with Gasteiger partial charge in [0.05, 0.1) is 0 Å². The molecular weight excluding hydrogens is 263 g/mol. The SMILES string of the molecule is CCOCc1nc(=S)cc(-c2ccc(F)c(C)c2)[nH]1. The highest BCUT2D eigenvalue weighted by molar-refractivity contribution is 7.71. The summed E-state index contributed by atoms with van der Waals surface area (Å²) in [6.07, 6.45) is 0. The minimum absolute atomic E-state index is 0.217. The number of aryl methyl sites for hydroxylation is 1. The molecule has 1 aromatic heterocycles. The van der Waals surface area contributed by atoms with E-state index in [0.29, 0.717) is 29.2 Å². The molecule has 1 N–H and O–H groups in total. The lowest BCUT2D eigenvalue weighted by Gasteiger charge is -2.07. The van der Waals surface area contributed by atoms with Gasteiger partial charge < -0.3 is 9.72 Å². The van der Waals surface area contributed by atoms with Crippen molar-refractivity contribution >= 4 is 12.2 Å². The molecule has 5 heteroatoms. The molecular formula is C14H15FN2OS. The standard InChI is InChI=1S/C14H15FN2OS/c1-3-18-8-13-16-12(7-14(19)17-13)10-4-5-11(15)9(2)6-10/h4-7H,3,8H2,1-2H3,(H,16,17,19). The summed E-state index contributed by atoms with van der Waals surface area (Å²) < 4.78 is 19.1. The fourth-order valence-corrected chi connectivity index (χ4v) is 1.97. The number of nitrogens with one attached hydrogen (secondary N) is 1. The molecule has 1 heterocycles. The van der Waals surface area contributed by atoms with Gasteiger partial charge in [-0.05, 0) is 49.2 Å². The summed E-state index contributed by atoms with van der Waals surface area (Å²) in [6, 6.07) is 6.70. The van der Waals surface area contributed by atoms with Crippen molar-refractivity contribution in [3.05, 3.63) is 46.1 Å². The van der Waals surface area contributed by atoms with E-state index in [0.717, 1.165) is 11.3 Å². The third-order valence-corrected chi connectivity index (χ3v) is 2.91. The van der Waals surface area contributed by atoms with Gasteiger partial charge in [0.1, 0.15) is 22.9 Å². The third kappa shape index (κ3) is 3.45. The molecule has 0 spiro atoms. The zero-order valence-corrected chi connectivity index (χ0v) is 11.7. The highest BCUT2D eigenvalue weighted by Crippen LogP contribution is 2.20. The van der Waals surface area contributed by atoms with Crippen LogP contribution in [0.4, 0.5) is 4.39 Å². The normalized spacial score (nSPS) is 10.7. The molecule has 100 valence electrons. The fourth-order valence-electron chi connectivity index (χ4n) is 1.74. The van der Waals surface area contributed by atoms with Crippen LogP contribution in [0.5, 0.6) is 0 Å². The van der Waals surface area contributed by atoms with Gasteiger partial charge in [-0.2, -0.15) is 0 Å². The van der Waals surface area contributed by atoms with Gasteiger partial charge in [-0.3, -0.25) is 0 Å². The van der Waals surface area contributed by atoms with Crippen molar-refractivity contribution in [2.45, 2.75) is 20.5 Å². The number of hydrogen-bond donors (Lipinski definition) is 1. The average molecular weight is 278 g/mol. The van der Waals surface area contributed by atoms with Gasteiger partial charge in [0.25, 0.3) is 0 Å². The van der Waals surface area contributed by atoms with Crippen LogP contribution in [0.25, 0.3) is 11.3 Å². The second-order valence-corrected chi connectivity index (χ2v) is 4.60. The van der Waals surface area contributed by atoms with Crippen molar-refractivity contribution in [1.82, 2.24) is 9.97 Å². The number of benzene rings is 1. The van der Waals surface area contributed by atoms with Crippen molar-refractivity contribution < 1.29 is 9.13 Å². The van der Waals surface area contributed by atoms with Crippen LogP contribution in [0.2, 0.25) is 0 Å². The molecule has 0 bridgehead atoms. The van der Waals surface area contributed by atoms with Crippen LogP contribution in [0.3, 0.4) is 0 Å². The van der Waals surface area contributed by atoms with Gasteiger partial charge in [0, 0.05) is 12.3 Å². The highest BCUT2D eigenvalue weighted by atomic mass is 32.1. The maximum Gasteiger partial charge on any atom is 0.134 e. The Morgan fingerprint density at radius 2 is 2.16 bits per heavy atom. The first-order chi connectivity index (χ1) is 9.10. The third-order valence-electron chi connectivity index (χ3n) is 2.70. The van der Waals surface area contributed by atoms with Gasteiger partial charge in [-0.1, -0.05) is 12.2 Å². The minimum Gasteiger partial charge on any atom is -0.374 e. The Morgan fingerprint density at radius 3 is 2.84 bits per heavy atom. The van der Waals surface area contributed by atoms with Crippen molar-refractivity contribution in [2.75, 3.05) is 6.61 Å². The van der Waals surface area contributed by atoms with E-state index < -0.39 is 0 Å². The number of nitrogens with zero attached hydrogens (tertiary/aromatic N) is 1. The summed E-state index contributed by atoms with van der Waals surface area (Å²) in [6.45, 7) is 4.65. The summed E-state index contributed by atoms with van der Waals surface area (Å²) in [7, 11) is 0. The van der Waals surface area contributed by atoms with Crippen LogP contribution < -0.4 is 0 Å². The average Bonchev–Trinajstić information content (AvgIpc) is 2.39. The summed E-state index contributed by atoms with van der Waals surface area (Å²) in [5, 5.41) is 0. The lowest BCUT2D eigenvalue weighted by molar-refractivity contribution is 0.128. The Labute approximate surface area is 116 Å². The van der Waals surface area contributed by atoms with E-state index in [2.05, 4.69) is 9.97 Å². The Hall–Kier alpha value is -1.59. The van der Waals surface area contributed by atoms with E-state index in [-0.39, 0.29) is 5.82 Å². The molecule has 1 aromatic carbocycles. The smallest absolute Gasteiger partial charge is 0.134 e. The lowest BCUT2D eigenvalue weighted by atomic mass is 10.1. The topological polar surface area (TPSA) is 37.9 Å². The molecule has 3 nitrogen and oxygen atoms in total. The maximum atomic E-state index is 13.3. The summed E-state index contributed by atoms with van der Waals surface area (Å²) >= 11 is 5.14. The first-order valence-electron chi connectivity index (χ1n) is 6.04. The highest BCUT2D eigenvalue weighted by Gasteiger charge is 2.04. The van der Waals surface area contributed by atoms with Crippen LogP contribution in [0.15, 0.2) is 24.3 Å².